The summed E-state index contributed by atoms with van der Waals surface area (Å²) >= 11 is 13.5. The lowest BCUT2D eigenvalue weighted by Gasteiger charge is -2.09. The number of halogens is 2. The molecule has 0 bridgehead atoms. The summed E-state index contributed by atoms with van der Waals surface area (Å²) in [7, 11) is 0. The Balaban J connectivity index is 2.00. The summed E-state index contributed by atoms with van der Waals surface area (Å²) in [6, 6.07) is 5.08. The second-order valence-electron chi connectivity index (χ2n) is 4.81. The van der Waals surface area contributed by atoms with Crippen LogP contribution in [0.3, 0.4) is 0 Å². The fourth-order valence-corrected chi connectivity index (χ4v) is 3.31. The second kappa shape index (κ2) is 5.85. The number of hydrogen-bond acceptors (Lipinski definition) is 4. The highest BCUT2D eigenvalue weighted by atomic mass is 35.5. The molecule has 4 nitrogen and oxygen atoms in total. The van der Waals surface area contributed by atoms with Gasteiger partial charge in [0.25, 0.3) is 0 Å². The van der Waals surface area contributed by atoms with E-state index in [0.29, 0.717) is 28.1 Å². The number of imidazole rings is 1. The number of nitrogens with two attached hydrogens (primary N) is 1. The van der Waals surface area contributed by atoms with E-state index in [1.54, 1.807) is 29.5 Å². The van der Waals surface area contributed by atoms with Gasteiger partial charge < -0.3 is 10.5 Å². The van der Waals surface area contributed by atoms with Crippen molar-refractivity contribution in [2.24, 2.45) is 5.73 Å². The van der Waals surface area contributed by atoms with Crippen molar-refractivity contribution in [3.8, 4) is 11.6 Å². The highest BCUT2D eigenvalue weighted by Gasteiger charge is 2.17. The zero-order chi connectivity index (χ0) is 15.0. The molecule has 2 heterocycles. The number of benzene rings is 1. The van der Waals surface area contributed by atoms with E-state index in [4.69, 9.17) is 33.7 Å². The zero-order valence-electron chi connectivity index (χ0n) is 11.2. The van der Waals surface area contributed by atoms with Gasteiger partial charge in [0.05, 0.1) is 5.69 Å². The zero-order valence-corrected chi connectivity index (χ0v) is 13.5. The van der Waals surface area contributed by atoms with Crippen LogP contribution in [0.1, 0.15) is 12.6 Å². The first kappa shape index (κ1) is 14.7. The standard InChI is InChI=1S/C14H13Cl2N3OS/c1-8(17)4-12-13(18-14-19(12)2-3-21-14)20-11-6-9(15)5-10(16)7-11/h2-3,5-8H,4,17H2,1H3. The molecule has 21 heavy (non-hydrogen) atoms. The van der Waals surface area contributed by atoms with E-state index in [0.717, 1.165) is 10.7 Å². The fraction of sp³-hybridized carbons (Fsp3) is 0.214. The topological polar surface area (TPSA) is 52.5 Å². The molecule has 1 aromatic carbocycles. The van der Waals surface area contributed by atoms with Gasteiger partial charge in [0.15, 0.2) is 4.96 Å². The Morgan fingerprint density at radius 2 is 2.05 bits per heavy atom. The van der Waals surface area contributed by atoms with Crippen LogP contribution in [0.15, 0.2) is 29.8 Å². The van der Waals surface area contributed by atoms with Crippen molar-refractivity contribution >= 4 is 39.5 Å². The van der Waals surface area contributed by atoms with Crippen LogP contribution in [-0.4, -0.2) is 15.4 Å². The number of rotatable bonds is 4. The highest BCUT2D eigenvalue weighted by molar-refractivity contribution is 7.15. The summed E-state index contributed by atoms with van der Waals surface area (Å²) in [5.74, 6) is 1.10. The maximum atomic E-state index is 5.99. The lowest BCUT2D eigenvalue weighted by molar-refractivity contribution is 0.456. The number of ether oxygens (including phenoxy) is 1. The molecule has 3 aromatic rings. The summed E-state index contributed by atoms with van der Waals surface area (Å²) in [6.45, 7) is 1.95. The molecule has 1 atom stereocenters. The van der Waals surface area contributed by atoms with E-state index in [1.807, 2.05) is 22.9 Å². The number of aromatic nitrogens is 2. The average molecular weight is 342 g/mol. The molecule has 0 saturated heterocycles. The van der Waals surface area contributed by atoms with Gasteiger partial charge in [0.1, 0.15) is 5.75 Å². The summed E-state index contributed by atoms with van der Waals surface area (Å²) in [5.41, 5.74) is 6.86. The molecule has 2 aromatic heterocycles. The molecule has 3 rings (SSSR count). The van der Waals surface area contributed by atoms with Gasteiger partial charge in [-0.15, -0.1) is 11.3 Å². The van der Waals surface area contributed by atoms with E-state index in [-0.39, 0.29) is 6.04 Å². The van der Waals surface area contributed by atoms with Gasteiger partial charge in [-0.05, 0) is 25.1 Å². The SMILES string of the molecule is CC(N)Cc1c(Oc2cc(Cl)cc(Cl)c2)nc2sccn12. The van der Waals surface area contributed by atoms with E-state index < -0.39 is 0 Å². The normalized spacial score (nSPS) is 12.8. The molecule has 2 N–H and O–H groups in total. The Hall–Kier alpha value is -1.27. The summed E-state index contributed by atoms with van der Waals surface area (Å²) in [6.07, 6.45) is 2.63. The molecule has 1 unspecified atom stereocenters. The third-order valence-electron chi connectivity index (χ3n) is 2.89. The largest absolute Gasteiger partial charge is 0.437 e. The van der Waals surface area contributed by atoms with Gasteiger partial charge in [-0.25, -0.2) is 0 Å². The minimum Gasteiger partial charge on any atom is -0.437 e. The average Bonchev–Trinajstić information content (AvgIpc) is 2.91. The lowest BCUT2D eigenvalue weighted by Crippen LogP contribution is -2.19. The van der Waals surface area contributed by atoms with Gasteiger partial charge in [-0.3, -0.25) is 4.40 Å². The van der Waals surface area contributed by atoms with Crippen molar-refractivity contribution < 1.29 is 4.74 Å². The number of thiazole rings is 1. The van der Waals surface area contributed by atoms with Crippen molar-refractivity contribution in [3.63, 3.8) is 0 Å². The van der Waals surface area contributed by atoms with Crippen molar-refractivity contribution in [2.45, 2.75) is 19.4 Å². The number of nitrogens with zero attached hydrogens (tertiary/aromatic N) is 2. The van der Waals surface area contributed by atoms with Crippen LogP contribution in [0, 0.1) is 0 Å². The van der Waals surface area contributed by atoms with Crippen LogP contribution in [0.5, 0.6) is 11.6 Å². The van der Waals surface area contributed by atoms with Crippen LogP contribution in [0.4, 0.5) is 0 Å². The summed E-state index contributed by atoms with van der Waals surface area (Å²) in [5, 5.41) is 3.02. The van der Waals surface area contributed by atoms with E-state index >= 15 is 0 Å². The molecule has 0 aliphatic rings. The third kappa shape index (κ3) is 3.16. The maximum absolute atomic E-state index is 5.99. The van der Waals surface area contributed by atoms with Crippen LogP contribution in [0.25, 0.3) is 4.96 Å². The first-order valence-electron chi connectivity index (χ1n) is 6.37. The van der Waals surface area contributed by atoms with Gasteiger partial charge in [-0.2, -0.15) is 4.98 Å². The number of hydrogen-bond donors (Lipinski definition) is 1. The molecule has 0 aliphatic carbocycles. The Kier molecular flexibility index (Phi) is 4.08. The lowest BCUT2D eigenvalue weighted by atomic mass is 10.2. The Morgan fingerprint density at radius 3 is 2.71 bits per heavy atom. The van der Waals surface area contributed by atoms with Gasteiger partial charge in [0.2, 0.25) is 5.88 Å². The maximum Gasteiger partial charge on any atom is 0.242 e. The Labute approximate surface area is 136 Å². The van der Waals surface area contributed by atoms with Gasteiger partial charge in [0, 0.05) is 34.1 Å². The molecule has 0 radical (unpaired) electrons. The molecule has 0 saturated carbocycles. The molecular formula is C14H13Cl2N3OS. The van der Waals surface area contributed by atoms with Crippen LogP contribution >= 0.6 is 34.5 Å². The monoisotopic (exact) mass is 341 g/mol. The molecule has 0 aliphatic heterocycles. The van der Waals surface area contributed by atoms with Crippen molar-refractivity contribution in [1.29, 1.82) is 0 Å². The smallest absolute Gasteiger partial charge is 0.242 e. The van der Waals surface area contributed by atoms with Crippen LogP contribution in [-0.2, 0) is 6.42 Å². The van der Waals surface area contributed by atoms with E-state index in [9.17, 15) is 0 Å². The van der Waals surface area contributed by atoms with E-state index in [2.05, 4.69) is 4.98 Å². The van der Waals surface area contributed by atoms with Gasteiger partial charge >= 0.3 is 0 Å². The molecule has 0 spiro atoms. The quantitative estimate of drug-likeness (QED) is 0.765. The van der Waals surface area contributed by atoms with Crippen LogP contribution in [0.2, 0.25) is 10.0 Å². The molecular weight excluding hydrogens is 329 g/mol. The van der Waals surface area contributed by atoms with Crippen LogP contribution < -0.4 is 10.5 Å². The molecule has 0 fully saturated rings. The molecule has 110 valence electrons. The minimum atomic E-state index is 0.00935. The van der Waals surface area contributed by atoms with E-state index in [1.165, 1.54) is 0 Å². The highest BCUT2D eigenvalue weighted by Crippen LogP contribution is 2.31. The molecule has 0 amide bonds. The van der Waals surface area contributed by atoms with Crippen molar-refractivity contribution in [1.82, 2.24) is 9.38 Å². The van der Waals surface area contributed by atoms with Gasteiger partial charge in [-0.1, -0.05) is 23.2 Å². The first-order valence-corrected chi connectivity index (χ1v) is 8.00. The number of fused-ring (bicyclic) bond motifs is 1. The minimum absolute atomic E-state index is 0.00935. The summed E-state index contributed by atoms with van der Waals surface area (Å²) in [4.78, 5) is 5.37. The fourth-order valence-electron chi connectivity index (χ4n) is 2.08. The second-order valence-corrected chi connectivity index (χ2v) is 6.55. The summed E-state index contributed by atoms with van der Waals surface area (Å²) < 4.78 is 7.86. The first-order chi connectivity index (χ1) is 10.0. The van der Waals surface area contributed by atoms with Crippen molar-refractivity contribution in [2.75, 3.05) is 0 Å². The Morgan fingerprint density at radius 1 is 1.33 bits per heavy atom. The molecule has 7 heteroatoms. The predicted molar refractivity (Wildman–Crippen MR) is 87.0 cm³/mol. The third-order valence-corrected chi connectivity index (χ3v) is 4.08. The van der Waals surface area contributed by atoms with Crippen molar-refractivity contribution in [3.05, 3.63) is 45.5 Å². The predicted octanol–water partition coefficient (Wildman–Crippen LogP) is 4.38. The Bertz CT molecular complexity index is 761.